The molecule has 2 unspecified atom stereocenters. The fraction of sp³-hybridized carbons (Fsp3) is 0.600. The monoisotopic (exact) mass is 331 g/mol. The Kier molecular flexibility index (Phi) is 7.56. The van der Waals surface area contributed by atoms with Gasteiger partial charge in [0.2, 0.25) is 0 Å². The van der Waals surface area contributed by atoms with Crippen LogP contribution in [0.15, 0.2) is 34.1 Å². The maximum Gasteiger partial charge on any atom is 0.175 e. The van der Waals surface area contributed by atoms with E-state index >= 15 is 0 Å². The Balaban J connectivity index is 2.73. The molecular formula is C15H25NO3S2. The average molecular weight is 332 g/mol. The molecule has 0 bridgehead atoms. The Morgan fingerprint density at radius 1 is 1.14 bits per heavy atom. The van der Waals surface area contributed by atoms with Crippen LogP contribution >= 0.6 is 0 Å². The fourth-order valence-corrected chi connectivity index (χ4v) is 3.97. The van der Waals surface area contributed by atoms with Gasteiger partial charge in [-0.05, 0) is 43.7 Å². The Bertz CT molecular complexity index is 553. The van der Waals surface area contributed by atoms with Crippen LogP contribution in [0.2, 0.25) is 0 Å². The summed E-state index contributed by atoms with van der Waals surface area (Å²) in [5, 5.41) is 3.42. The summed E-state index contributed by atoms with van der Waals surface area (Å²) in [5.41, 5.74) is 0. The molecule has 0 aromatic heterocycles. The fourth-order valence-electron chi connectivity index (χ4n) is 2.06. The van der Waals surface area contributed by atoms with Crippen LogP contribution in [0.1, 0.15) is 33.1 Å². The van der Waals surface area contributed by atoms with Crippen LogP contribution in [0.25, 0.3) is 0 Å². The van der Waals surface area contributed by atoms with Crippen LogP contribution in [0.5, 0.6) is 0 Å². The highest BCUT2D eigenvalue weighted by molar-refractivity contribution is 7.90. The Morgan fingerprint density at radius 2 is 1.76 bits per heavy atom. The number of hydrogen-bond donors (Lipinski definition) is 1. The van der Waals surface area contributed by atoms with E-state index in [0.717, 1.165) is 25.8 Å². The lowest BCUT2D eigenvalue weighted by Crippen LogP contribution is -2.34. The summed E-state index contributed by atoms with van der Waals surface area (Å²) in [6.07, 6.45) is 4.26. The van der Waals surface area contributed by atoms with E-state index in [9.17, 15) is 12.6 Å². The SMILES string of the molecule is CCCNC(CCC)CS(=O)c1ccc(S(C)(=O)=O)cc1. The van der Waals surface area contributed by atoms with Crippen LogP contribution < -0.4 is 5.32 Å². The van der Waals surface area contributed by atoms with Gasteiger partial charge in [-0.25, -0.2) is 8.42 Å². The molecule has 1 aromatic carbocycles. The summed E-state index contributed by atoms with van der Waals surface area (Å²) in [7, 11) is -4.31. The first-order valence-electron chi connectivity index (χ1n) is 7.30. The van der Waals surface area contributed by atoms with E-state index in [4.69, 9.17) is 0 Å². The molecule has 1 N–H and O–H groups in total. The van der Waals surface area contributed by atoms with E-state index in [0.29, 0.717) is 10.6 Å². The average Bonchev–Trinajstić information content (AvgIpc) is 2.44. The maximum absolute atomic E-state index is 12.4. The summed E-state index contributed by atoms with van der Waals surface area (Å²) in [6, 6.07) is 6.59. The summed E-state index contributed by atoms with van der Waals surface area (Å²) >= 11 is 0. The van der Waals surface area contributed by atoms with Crippen LogP contribution in [0.4, 0.5) is 0 Å². The van der Waals surface area contributed by atoms with Crippen molar-refractivity contribution in [1.29, 1.82) is 0 Å². The second-order valence-corrected chi connectivity index (χ2v) is 8.71. The first-order chi connectivity index (χ1) is 9.88. The number of hydrogen-bond acceptors (Lipinski definition) is 4. The molecule has 4 nitrogen and oxygen atoms in total. The van der Waals surface area contributed by atoms with Crippen molar-refractivity contribution in [2.45, 2.75) is 48.9 Å². The van der Waals surface area contributed by atoms with Gasteiger partial charge in [0.25, 0.3) is 0 Å². The standard InChI is InChI=1S/C15H25NO3S2/c1-4-6-13(16-11-5-2)12-20(17)14-7-9-15(10-8-14)21(3,18)19/h7-10,13,16H,4-6,11-12H2,1-3H3. The lowest BCUT2D eigenvalue weighted by atomic mass is 10.2. The van der Waals surface area contributed by atoms with E-state index < -0.39 is 20.6 Å². The third kappa shape index (κ3) is 6.28. The Labute approximate surface area is 130 Å². The molecule has 0 aliphatic rings. The number of sulfone groups is 1. The van der Waals surface area contributed by atoms with Gasteiger partial charge in [0.15, 0.2) is 9.84 Å². The normalized spacial score (nSPS) is 14.8. The van der Waals surface area contributed by atoms with Crippen molar-refractivity contribution in [3.63, 3.8) is 0 Å². The van der Waals surface area contributed by atoms with Crippen molar-refractivity contribution in [3.8, 4) is 0 Å². The van der Waals surface area contributed by atoms with Gasteiger partial charge in [-0.3, -0.25) is 4.21 Å². The van der Waals surface area contributed by atoms with Crippen molar-refractivity contribution in [3.05, 3.63) is 24.3 Å². The molecule has 0 heterocycles. The van der Waals surface area contributed by atoms with E-state index in [1.807, 2.05) is 0 Å². The summed E-state index contributed by atoms with van der Waals surface area (Å²) in [5.74, 6) is 0.562. The van der Waals surface area contributed by atoms with Crippen molar-refractivity contribution >= 4 is 20.6 Å². The van der Waals surface area contributed by atoms with Crippen molar-refractivity contribution in [1.82, 2.24) is 5.32 Å². The highest BCUT2D eigenvalue weighted by Gasteiger charge is 2.14. The molecule has 0 saturated carbocycles. The second kappa shape index (κ2) is 8.66. The zero-order chi connectivity index (χ0) is 15.9. The van der Waals surface area contributed by atoms with E-state index in [1.54, 1.807) is 12.1 Å². The van der Waals surface area contributed by atoms with Gasteiger partial charge in [-0.15, -0.1) is 0 Å². The minimum Gasteiger partial charge on any atom is -0.313 e. The quantitative estimate of drug-likeness (QED) is 0.754. The largest absolute Gasteiger partial charge is 0.313 e. The van der Waals surface area contributed by atoms with Crippen molar-refractivity contribution in [2.75, 3.05) is 18.6 Å². The minimum atomic E-state index is -3.20. The minimum absolute atomic E-state index is 0.241. The van der Waals surface area contributed by atoms with Crippen LogP contribution in [0, 0.1) is 0 Å². The zero-order valence-electron chi connectivity index (χ0n) is 13.0. The number of rotatable bonds is 9. The topological polar surface area (TPSA) is 63.2 Å². The smallest absolute Gasteiger partial charge is 0.175 e. The Morgan fingerprint density at radius 3 is 2.24 bits per heavy atom. The van der Waals surface area contributed by atoms with Crippen LogP contribution in [-0.4, -0.2) is 37.2 Å². The summed E-state index contributed by atoms with van der Waals surface area (Å²) in [6.45, 7) is 5.15. The molecule has 0 aliphatic carbocycles. The number of nitrogens with one attached hydrogen (secondary N) is 1. The summed E-state index contributed by atoms with van der Waals surface area (Å²) in [4.78, 5) is 0.944. The third-order valence-corrected chi connectivity index (χ3v) is 5.82. The molecule has 6 heteroatoms. The van der Waals surface area contributed by atoms with Crippen molar-refractivity contribution < 1.29 is 12.6 Å². The van der Waals surface area contributed by atoms with Gasteiger partial charge < -0.3 is 5.32 Å². The zero-order valence-corrected chi connectivity index (χ0v) is 14.6. The van der Waals surface area contributed by atoms with Gasteiger partial charge in [-0.1, -0.05) is 20.3 Å². The number of benzene rings is 1. The highest BCUT2D eigenvalue weighted by Crippen LogP contribution is 2.14. The molecule has 0 aliphatic heterocycles. The van der Waals surface area contributed by atoms with E-state index in [-0.39, 0.29) is 10.9 Å². The molecule has 2 atom stereocenters. The van der Waals surface area contributed by atoms with Crippen LogP contribution in [0.3, 0.4) is 0 Å². The lowest BCUT2D eigenvalue weighted by molar-refractivity contribution is 0.510. The predicted octanol–water partition coefficient (Wildman–Crippen LogP) is 2.37. The van der Waals surface area contributed by atoms with Gasteiger partial charge in [0, 0.05) is 22.9 Å². The van der Waals surface area contributed by atoms with Gasteiger partial charge >= 0.3 is 0 Å². The molecule has 0 radical (unpaired) electrons. The van der Waals surface area contributed by atoms with Crippen LogP contribution in [-0.2, 0) is 20.6 Å². The molecule has 0 fully saturated rings. The third-order valence-electron chi connectivity index (χ3n) is 3.19. The molecule has 1 aromatic rings. The Hall–Kier alpha value is -0.720. The molecular weight excluding hydrogens is 306 g/mol. The first kappa shape index (κ1) is 18.3. The van der Waals surface area contributed by atoms with Gasteiger partial charge in [0.05, 0.1) is 15.7 Å². The predicted molar refractivity (Wildman–Crippen MR) is 87.8 cm³/mol. The second-order valence-electron chi connectivity index (χ2n) is 5.20. The maximum atomic E-state index is 12.4. The molecule has 0 spiro atoms. The molecule has 0 saturated heterocycles. The molecule has 0 amide bonds. The highest BCUT2D eigenvalue weighted by atomic mass is 32.2. The molecule has 120 valence electrons. The first-order valence-corrected chi connectivity index (χ1v) is 10.5. The summed E-state index contributed by atoms with van der Waals surface area (Å²) < 4.78 is 35.2. The van der Waals surface area contributed by atoms with E-state index in [1.165, 1.54) is 18.4 Å². The molecule has 21 heavy (non-hydrogen) atoms. The van der Waals surface area contributed by atoms with Crippen molar-refractivity contribution in [2.24, 2.45) is 0 Å². The van der Waals surface area contributed by atoms with E-state index in [2.05, 4.69) is 19.2 Å². The molecule has 1 rings (SSSR count). The van der Waals surface area contributed by atoms with Gasteiger partial charge in [0.1, 0.15) is 0 Å². The lowest BCUT2D eigenvalue weighted by Gasteiger charge is -2.17. The van der Waals surface area contributed by atoms with Gasteiger partial charge in [-0.2, -0.15) is 0 Å².